The summed E-state index contributed by atoms with van der Waals surface area (Å²) in [6.45, 7) is 0. The third kappa shape index (κ3) is 2.86. The van der Waals surface area contributed by atoms with E-state index in [0.717, 1.165) is 6.07 Å². The van der Waals surface area contributed by atoms with Crippen molar-refractivity contribution in [3.63, 3.8) is 0 Å². The lowest BCUT2D eigenvalue weighted by molar-refractivity contribution is -0.116. The highest BCUT2D eigenvalue weighted by atomic mass is 32.2. The first kappa shape index (κ1) is 13.8. The van der Waals surface area contributed by atoms with Crippen LogP contribution in [0.2, 0.25) is 0 Å². The summed E-state index contributed by atoms with van der Waals surface area (Å²) in [7, 11) is -3.44. The lowest BCUT2D eigenvalue weighted by Gasteiger charge is -2.21. The molecule has 0 radical (unpaired) electrons. The van der Waals surface area contributed by atoms with Gasteiger partial charge in [0, 0.05) is 0 Å². The molecule has 1 saturated heterocycles. The molecular weight excluding hydrogens is 271 g/mol. The molecule has 5 nitrogen and oxygen atoms in total. The zero-order chi connectivity index (χ0) is 14.0. The molecule has 1 atom stereocenters. The first-order valence-electron chi connectivity index (χ1n) is 5.98. The van der Waals surface area contributed by atoms with Crippen LogP contribution in [0.15, 0.2) is 18.2 Å². The number of carbonyl (C=O) groups excluding carboxylic acids is 1. The molecule has 3 N–H and O–H groups in total. The molecule has 7 heteroatoms. The molecule has 0 spiro atoms. The average molecular weight is 286 g/mol. The van der Waals surface area contributed by atoms with E-state index < -0.39 is 26.8 Å². The predicted octanol–water partition coefficient (Wildman–Crippen LogP) is 1.31. The quantitative estimate of drug-likeness (QED) is 0.802. The highest BCUT2D eigenvalue weighted by Crippen LogP contribution is 2.25. The van der Waals surface area contributed by atoms with Crippen LogP contribution in [0.1, 0.15) is 19.3 Å². The normalized spacial score (nSPS) is 21.8. The maximum atomic E-state index is 13.5. The molecule has 1 unspecified atom stereocenters. The van der Waals surface area contributed by atoms with Crippen molar-refractivity contribution in [2.75, 3.05) is 16.8 Å². The number of para-hydroxylation sites is 1. The van der Waals surface area contributed by atoms with Crippen molar-refractivity contribution in [2.24, 2.45) is 0 Å². The minimum absolute atomic E-state index is 0.00214. The zero-order valence-corrected chi connectivity index (χ0v) is 11.0. The van der Waals surface area contributed by atoms with Gasteiger partial charge in [-0.25, -0.2) is 12.8 Å². The fourth-order valence-electron chi connectivity index (χ4n) is 2.13. The lowest BCUT2D eigenvalue weighted by Crippen LogP contribution is -2.39. The topological polar surface area (TPSA) is 89.3 Å². The van der Waals surface area contributed by atoms with Crippen LogP contribution < -0.4 is 11.1 Å². The van der Waals surface area contributed by atoms with Gasteiger partial charge in [0.25, 0.3) is 0 Å². The monoisotopic (exact) mass is 286 g/mol. The highest BCUT2D eigenvalue weighted by Gasteiger charge is 2.35. The third-order valence-electron chi connectivity index (χ3n) is 3.17. The van der Waals surface area contributed by atoms with E-state index in [9.17, 15) is 17.6 Å². The maximum absolute atomic E-state index is 13.5. The molecule has 2 rings (SSSR count). The molecule has 0 saturated carbocycles. The van der Waals surface area contributed by atoms with Gasteiger partial charge in [0.1, 0.15) is 16.8 Å². The van der Waals surface area contributed by atoms with Crippen LogP contribution in [-0.4, -0.2) is 25.3 Å². The molecule has 104 valence electrons. The van der Waals surface area contributed by atoms with Crippen molar-refractivity contribution in [3.8, 4) is 0 Å². The van der Waals surface area contributed by atoms with Crippen LogP contribution in [0.25, 0.3) is 0 Å². The minimum atomic E-state index is -3.44. The third-order valence-corrected chi connectivity index (χ3v) is 5.34. The number of carbonyl (C=O) groups is 1. The van der Waals surface area contributed by atoms with Crippen LogP contribution in [0.3, 0.4) is 0 Å². The predicted molar refractivity (Wildman–Crippen MR) is 70.9 cm³/mol. The van der Waals surface area contributed by atoms with E-state index in [1.165, 1.54) is 12.1 Å². The summed E-state index contributed by atoms with van der Waals surface area (Å²) in [5.41, 5.74) is 5.47. The Labute approximate surface area is 110 Å². The number of nitrogens with one attached hydrogen (secondary N) is 1. The van der Waals surface area contributed by atoms with E-state index in [1.54, 1.807) is 0 Å². The summed E-state index contributed by atoms with van der Waals surface area (Å²) >= 11 is 0. The fourth-order valence-corrected chi connectivity index (χ4v) is 3.93. The molecule has 1 aliphatic heterocycles. The Morgan fingerprint density at radius 2 is 2.11 bits per heavy atom. The molecule has 0 bridgehead atoms. The number of halogens is 1. The second kappa shape index (κ2) is 5.16. The Balaban J connectivity index is 2.22. The molecule has 1 fully saturated rings. The van der Waals surface area contributed by atoms with Gasteiger partial charge in [0.2, 0.25) is 5.91 Å². The standard InChI is InChI=1S/C12H15FN2O3S/c13-8-4-3-5-9(14)11(8)15-12(16)10-6-1-2-7-19(10,17)18/h3-5,10H,1-2,6-7,14H2,(H,15,16). The van der Waals surface area contributed by atoms with Crippen molar-refractivity contribution in [2.45, 2.75) is 24.5 Å². The number of hydrogen-bond donors (Lipinski definition) is 2. The van der Waals surface area contributed by atoms with E-state index in [2.05, 4.69) is 5.32 Å². The van der Waals surface area contributed by atoms with Crippen LogP contribution in [0.5, 0.6) is 0 Å². The highest BCUT2D eigenvalue weighted by molar-refractivity contribution is 7.92. The van der Waals surface area contributed by atoms with Gasteiger partial charge in [-0.15, -0.1) is 0 Å². The van der Waals surface area contributed by atoms with E-state index in [4.69, 9.17) is 5.73 Å². The van der Waals surface area contributed by atoms with Gasteiger partial charge in [-0.1, -0.05) is 12.5 Å². The molecule has 0 aromatic heterocycles. The summed E-state index contributed by atoms with van der Waals surface area (Å²) in [5, 5.41) is 1.17. The van der Waals surface area contributed by atoms with E-state index in [0.29, 0.717) is 12.8 Å². The summed E-state index contributed by atoms with van der Waals surface area (Å²) in [6, 6.07) is 4.01. The Kier molecular flexibility index (Phi) is 3.75. The van der Waals surface area contributed by atoms with Gasteiger partial charge in [-0.05, 0) is 25.0 Å². The average Bonchev–Trinajstić information content (AvgIpc) is 2.33. The smallest absolute Gasteiger partial charge is 0.242 e. The van der Waals surface area contributed by atoms with Gasteiger partial charge in [0.15, 0.2) is 9.84 Å². The largest absolute Gasteiger partial charge is 0.397 e. The number of nitrogens with two attached hydrogens (primary N) is 1. The number of benzene rings is 1. The van der Waals surface area contributed by atoms with Gasteiger partial charge in [0.05, 0.1) is 11.4 Å². The van der Waals surface area contributed by atoms with Gasteiger partial charge in [-0.3, -0.25) is 4.79 Å². The summed E-state index contributed by atoms with van der Waals surface area (Å²) in [5.74, 6) is -1.39. The summed E-state index contributed by atoms with van der Waals surface area (Å²) in [6.07, 6.45) is 1.50. The zero-order valence-electron chi connectivity index (χ0n) is 10.2. The van der Waals surface area contributed by atoms with Gasteiger partial charge >= 0.3 is 0 Å². The van der Waals surface area contributed by atoms with Gasteiger partial charge < -0.3 is 11.1 Å². The van der Waals surface area contributed by atoms with Crippen molar-refractivity contribution in [1.82, 2.24) is 0 Å². The maximum Gasteiger partial charge on any atom is 0.242 e. The van der Waals surface area contributed by atoms with Crippen LogP contribution in [0, 0.1) is 5.82 Å². The van der Waals surface area contributed by atoms with E-state index >= 15 is 0 Å². The van der Waals surface area contributed by atoms with Gasteiger partial charge in [-0.2, -0.15) is 0 Å². The number of anilines is 2. The van der Waals surface area contributed by atoms with E-state index in [1.807, 2.05) is 0 Å². The second-order valence-electron chi connectivity index (χ2n) is 4.54. The Morgan fingerprint density at radius 3 is 2.74 bits per heavy atom. The summed E-state index contributed by atoms with van der Waals surface area (Å²) in [4.78, 5) is 12.0. The van der Waals surface area contributed by atoms with Crippen molar-refractivity contribution >= 4 is 27.1 Å². The molecule has 0 aliphatic carbocycles. The van der Waals surface area contributed by atoms with Crippen molar-refractivity contribution < 1.29 is 17.6 Å². The molecule has 1 heterocycles. The molecule has 19 heavy (non-hydrogen) atoms. The SMILES string of the molecule is Nc1cccc(F)c1NC(=O)C1CCCCS1(=O)=O. The van der Waals surface area contributed by atoms with E-state index in [-0.39, 0.29) is 23.5 Å². The Bertz CT molecular complexity index is 581. The minimum Gasteiger partial charge on any atom is -0.397 e. The van der Waals surface area contributed by atoms with Crippen LogP contribution in [-0.2, 0) is 14.6 Å². The number of amides is 1. The van der Waals surface area contributed by atoms with Crippen LogP contribution >= 0.6 is 0 Å². The van der Waals surface area contributed by atoms with Crippen LogP contribution in [0.4, 0.5) is 15.8 Å². The number of rotatable bonds is 2. The summed E-state index contributed by atoms with van der Waals surface area (Å²) < 4.78 is 37.1. The first-order chi connectivity index (χ1) is 8.92. The molecule has 1 aromatic carbocycles. The fraction of sp³-hybridized carbons (Fsp3) is 0.417. The van der Waals surface area contributed by atoms with Crippen molar-refractivity contribution in [3.05, 3.63) is 24.0 Å². The first-order valence-corrected chi connectivity index (χ1v) is 7.70. The molecule has 1 amide bonds. The number of sulfone groups is 1. The molecule has 1 aromatic rings. The Morgan fingerprint density at radius 1 is 1.37 bits per heavy atom. The lowest BCUT2D eigenvalue weighted by atomic mass is 10.1. The molecule has 1 aliphatic rings. The number of hydrogen-bond acceptors (Lipinski definition) is 4. The second-order valence-corrected chi connectivity index (χ2v) is 6.85. The Hall–Kier alpha value is -1.63. The van der Waals surface area contributed by atoms with Crippen molar-refractivity contribution in [1.29, 1.82) is 0 Å². The number of nitrogen functional groups attached to an aromatic ring is 1. The molecular formula is C12H15FN2O3S.